The molecule has 1 aliphatic carbocycles. The predicted octanol–water partition coefficient (Wildman–Crippen LogP) is 2.32. The number of rotatable bonds is 5. The maximum absolute atomic E-state index is 8.62. The van der Waals surface area contributed by atoms with Crippen LogP contribution in [0, 0.1) is 16.7 Å². The van der Waals surface area contributed by atoms with Gasteiger partial charge in [-0.15, -0.1) is 0 Å². The summed E-state index contributed by atoms with van der Waals surface area (Å²) in [6, 6.07) is 2.60. The summed E-state index contributed by atoms with van der Waals surface area (Å²) in [5, 5.41) is 8.62. The van der Waals surface area contributed by atoms with Gasteiger partial charge in [0.1, 0.15) is 0 Å². The van der Waals surface area contributed by atoms with Crippen LogP contribution in [0.4, 0.5) is 0 Å². The fourth-order valence-corrected chi connectivity index (χ4v) is 2.43. The molecule has 3 heteroatoms. The van der Waals surface area contributed by atoms with Crippen LogP contribution in [0.1, 0.15) is 32.6 Å². The third-order valence-corrected chi connectivity index (χ3v) is 4.14. The molecule has 0 N–H and O–H groups in total. The van der Waals surface area contributed by atoms with Crippen LogP contribution in [0.3, 0.4) is 0 Å². The Balaban J connectivity index is 2.39. The molecule has 1 fully saturated rings. The fourth-order valence-electron chi connectivity index (χ4n) is 2.02. The lowest BCUT2D eigenvalue weighted by molar-refractivity contribution is 0.0865. The van der Waals surface area contributed by atoms with Crippen LogP contribution in [-0.4, -0.2) is 30.3 Å². The summed E-state index contributed by atoms with van der Waals surface area (Å²) >= 11 is 4.44. The zero-order valence-corrected chi connectivity index (χ0v) is 10.1. The Morgan fingerprint density at radius 3 is 2.57 bits per heavy atom. The van der Waals surface area contributed by atoms with E-state index < -0.39 is 0 Å². The summed E-state index contributed by atoms with van der Waals surface area (Å²) in [7, 11) is 2.12. The SMILES string of the molecule is CC(CC#N)N(C)CC1(CS)CCC1. The van der Waals surface area contributed by atoms with Crippen molar-refractivity contribution in [2.75, 3.05) is 19.3 Å². The van der Waals surface area contributed by atoms with Gasteiger partial charge in [-0.05, 0) is 38.0 Å². The first-order valence-electron chi connectivity index (χ1n) is 5.31. The Kier molecular flexibility index (Phi) is 4.28. The summed E-state index contributed by atoms with van der Waals surface area (Å²) in [6.45, 7) is 3.22. The van der Waals surface area contributed by atoms with Crippen LogP contribution in [0.15, 0.2) is 0 Å². The first kappa shape index (κ1) is 11.9. The second-order valence-corrected chi connectivity index (χ2v) is 4.95. The van der Waals surface area contributed by atoms with Crippen molar-refractivity contribution in [2.24, 2.45) is 5.41 Å². The normalized spacial score (nSPS) is 21.4. The third kappa shape index (κ3) is 2.65. The maximum Gasteiger partial charge on any atom is 0.0638 e. The number of nitrogens with zero attached hydrogens (tertiary/aromatic N) is 2. The van der Waals surface area contributed by atoms with Gasteiger partial charge in [-0.3, -0.25) is 0 Å². The zero-order chi connectivity index (χ0) is 10.6. The molecule has 0 aliphatic heterocycles. The lowest BCUT2D eigenvalue weighted by Crippen LogP contribution is -2.45. The fraction of sp³-hybridized carbons (Fsp3) is 0.909. The van der Waals surface area contributed by atoms with Crippen LogP contribution in [0.5, 0.6) is 0 Å². The molecule has 0 amide bonds. The molecule has 0 bridgehead atoms. The number of nitriles is 1. The molecule has 0 aromatic carbocycles. The molecular formula is C11H20N2S. The number of hydrogen-bond donors (Lipinski definition) is 1. The van der Waals surface area contributed by atoms with E-state index in [2.05, 4.69) is 37.6 Å². The van der Waals surface area contributed by atoms with E-state index in [4.69, 9.17) is 5.26 Å². The highest BCUT2D eigenvalue weighted by molar-refractivity contribution is 7.80. The van der Waals surface area contributed by atoms with Crippen molar-refractivity contribution < 1.29 is 0 Å². The molecule has 0 spiro atoms. The van der Waals surface area contributed by atoms with Gasteiger partial charge in [-0.25, -0.2) is 0 Å². The van der Waals surface area contributed by atoms with Gasteiger partial charge in [-0.2, -0.15) is 17.9 Å². The Hall–Kier alpha value is -0.200. The Bertz CT molecular complexity index is 212. The molecule has 1 saturated carbocycles. The van der Waals surface area contributed by atoms with Crippen molar-refractivity contribution in [3.63, 3.8) is 0 Å². The Morgan fingerprint density at radius 2 is 2.21 bits per heavy atom. The average Bonchev–Trinajstić information content (AvgIpc) is 2.11. The van der Waals surface area contributed by atoms with Gasteiger partial charge < -0.3 is 4.90 Å². The molecule has 2 nitrogen and oxygen atoms in total. The highest BCUT2D eigenvalue weighted by Gasteiger charge is 2.37. The molecule has 1 atom stereocenters. The summed E-state index contributed by atoms with van der Waals surface area (Å²) in [5.74, 6) is 0.983. The Labute approximate surface area is 92.7 Å². The largest absolute Gasteiger partial charge is 0.302 e. The van der Waals surface area contributed by atoms with Crippen molar-refractivity contribution in [1.29, 1.82) is 5.26 Å². The van der Waals surface area contributed by atoms with Crippen LogP contribution in [0.25, 0.3) is 0 Å². The van der Waals surface area contributed by atoms with Crippen LogP contribution < -0.4 is 0 Å². The van der Waals surface area contributed by atoms with Gasteiger partial charge in [-0.1, -0.05) is 6.42 Å². The molecule has 0 heterocycles. The second-order valence-electron chi connectivity index (χ2n) is 4.64. The van der Waals surface area contributed by atoms with Gasteiger partial charge >= 0.3 is 0 Å². The van der Waals surface area contributed by atoms with E-state index in [0.717, 1.165) is 12.3 Å². The lowest BCUT2D eigenvalue weighted by atomic mass is 9.70. The minimum atomic E-state index is 0.373. The molecule has 0 aromatic rings. The van der Waals surface area contributed by atoms with Crippen molar-refractivity contribution in [3.8, 4) is 6.07 Å². The first-order valence-corrected chi connectivity index (χ1v) is 5.95. The van der Waals surface area contributed by atoms with E-state index in [1.165, 1.54) is 19.3 Å². The van der Waals surface area contributed by atoms with Crippen LogP contribution in [0.2, 0.25) is 0 Å². The summed E-state index contributed by atoms with van der Waals surface area (Å²) in [4.78, 5) is 2.30. The minimum absolute atomic E-state index is 0.373. The quantitative estimate of drug-likeness (QED) is 0.708. The zero-order valence-electron chi connectivity index (χ0n) is 9.16. The van der Waals surface area contributed by atoms with E-state index in [0.29, 0.717) is 17.9 Å². The topological polar surface area (TPSA) is 27.0 Å². The van der Waals surface area contributed by atoms with E-state index in [1.807, 2.05) is 0 Å². The summed E-state index contributed by atoms with van der Waals surface area (Å²) in [5.41, 5.74) is 0.446. The minimum Gasteiger partial charge on any atom is -0.302 e. The maximum atomic E-state index is 8.62. The van der Waals surface area contributed by atoms with E-state index in [9.17, 15) is 0 Å². The van der Waals surface area contributed by atoms with E-state index in [-0.39, 0.29) is 0 Å². The highest BCUT2D eigenvalue weighted by atomic mass is 32.1. The standard InChI is InChI=1S/C11H20N2S/c1-10(4-7-12)13(2)8-11(9-14)5-3-6-11/h10,14H,3-6,8-9H2,1-2H3. The molecule has 0 aromatic heterocycles. The van der Waals surface area contributed by atoms with Crippen molar-refractivity contribution in [3.05, 3.63) is 0 Å². The van der Waals surface area contributed by atoms with Crippen molar-refractivity contribution in [1.82, 2.24) is 4.90 Å². The molecule has 1 aliphatic rings. The molecule has 80 valence electrons. The van der Waals surface area contributed by atoms with E-state index in [1.54, 1.807) is 0 Å². The van der Waals surface area contributed by atoms with Crippen molar-refractivity contribution in [2.45, 2.75) is 38.6 Å². The third-order valence-electron chi connectivity index (χ3n) is 3.47. The second kappa shape index (κ2) is 5.04. The van der Waals surface area contributed by atoms with E-state index >= 15 is 0 Å². The van der Waals surface area contributed by atoms with Crippen LogP contribution >= 0.6 is 12.6 Å². The van der Waals surface area contributed by atoms with Gasteiger partial charge in [0.25, 0.3) is 0 Å². The predicted molar refractivity (Wildman–Crippen MR) is 62.5 cm³/mol. The summed E-state index contributed by atoms with van der Waals surface area (Å²) in [6.07, 6.45) is 4.58. The smallest absolute Gasteiger partial charge is 0.0638 e. The first-order chi connectivity index (χ1) is 6.63. The van der Waals surface area contributed by atoms with Gasteiger partial charge in [0, 0.05) is 12.6 Å². The van der Waals surface area contributed by atoms with Gasteiger partial charge in [0.2, 0.25) is 0 Å². The number of hydrogen-bond acceptors (Lipinski definition) is 3. The molecule has 1 unspecified atom stereocenters. The van der Waals surface area contributed by atoms with Crippen LogP contribution in [-0.2, 0) is 0 Å². The molecule has 0 saturated heterocycles. The molecule has 0 radical (unpaired) electrons. The lowest BCUT2D eigenvalue weighted by Gasteiger charge is -2.44. The summed E-state index contributed by atoms with van der Waals surface area (Å²) < 4.78 is 0. The van der Waals surface area contributed by atoms with Crippen molar-refractivity contribution >= 4 is 12.6 Å². The highest BCUT2D eigenvalue weighted by Crippen LogP contribution is 2.42. The Morgan fingerprint density at radius 1 is 1.57 bits per heavy atom. The monoisotopic (exact) mass is 212 g/mol. The molecule has 14 heavy (non-hydrogen) atoms. The molecular weight excluding hydrogens is 192 g/mol. The number of thiol groups is 1. The molecule has 1 rings (SSSR count). The van der Waals surface area contributed by atoms with Gasteiger partial charge in [0.05, 0.1) is 12.5 Å². The average molecular weight is 212 g/mol. The van der Waals surface area contributed by atoms with Gasteiger partial charge in [0.15, 0.2) is 0 Å².